The van der Waals surface area contributed by atoms with Gasteiger partial charge in [0.2, 0.25) is 0 Å². The molecular formula is C22H25NO4. The number of terminal acetylenes is 1. The Morgan fingerprint density at radius 1 is 1.15 bits per heavy atom. The number of ether oxygens (including phenoxy) is 2. The van der Waals surface area contributed by atoms with E-state index in [1.54, 1.807) is 18.2 Å². The van der Waals surface area contributed by atoms with E-state index in [1.165, 1.54) is 11.1 Å². The van der Waals surface area contributed by atoms with E-state index in [4.69, 9.17) is 15.9 Å². The average molecular weight is 367 g/mol. The number of aliphatic hydroxyl groups is 1. The average Bonchev–Trinajstić information content (AvgIpc) is 2.69. The van der Waals surface area contributed by atoms with Gasteiger partial charge < -0.3 is 25.0 Å². The van der Waals surface area contributed by atoms with Crippen molar-refractivity contribution in [2.75, 3.05) is 19.8 Å². The van der Waals surface area contributed by atoms with Crippen LogP contribution in [-0.4, -0.2) is 42.1 Å². The van der Waals surface area contributed by atoms with Crippen LogP contribution in [0, 0.1) is 12.3 Å². The Bertz CT molecular complexity index is 799. The van der Waals surface area contributed by atoms with Gasteiger partial charge in [-0.15, -0.1) is 6.42 Å². The SMILES string of the molecule is C#CCOc1ccccc1OCC(O)CNC1CCc2cc(O)ccc2C1. The van der Waals surface area contributed by atoms with Crippen molar-refractivity contribution in [2.24, 2.45) is 0 Å². The van der Waals surface area contributed by atoms with Crippen LogP contribution in [0.5, 0.6) is 17.2 Å². The molecule has 0 amide bonds. The number of aromatic hydroxyl groups is 1. The van der Waals surface area contributed by atoms with Crippen molar-refractivity contribution in [3.05, 3.63) is 53.6 Å². The van der Waals surface area contributed by atoms with E-state index in [9.17, 15) is 10.2 Å². The standard InChI is InChI=1S/C22H25NO4/c1-2-11-26-21-5-3-4-6-22(21)27-15-20(25)14-23-18-9-7-17-13-19(24)10-8-16(17)12-18/h1,3-6,8,10,13,18,20,23-25H,7,9,11-12,14-15H2. The summed E-state index contributed by atoms with van der Waals surface area (Å²) in [7, 11) is 0. The molecule has 0 aromatic heterocycles. The number of hydrogen-bond donors (Lipinski definition) is 3. The zero-order valence-electron chi connectivity index (χ0n) is 15.2. The highest BCUT2D eigenvalue weighted by Crippen LogP contribution is 2.27. The maximum absolute atomic E-state index is 10.2. The number of phenols is 1. The van der Waals surface area contributed by atoms with E-state index in [1.807, 2.05) is 24.3 Å². The second-order valence-corrected chi connectivity index (χ2v) is 6.71. The molecule has 0 saturated heterocycles. The van der Waals surface area contributed by atoms with Crippen LogP contribution in [0.15, 0.2) is 42.5 Å². The molecule has 0 heterocycles. The van der Waals surface area contributed by atoms with Gasteiger partial charge >= 0.3 is 0 Å². The Hall–Kier alpha value is -2.68. The first-order chi connectivity index (χ1) is 13.2. The molecule has 1 aliphatic rings. The first kappa shape index (κ1) is 19.1. The third-order valence-corrected chi connectivity index (χ3v) is 4.65. The molecule has 0 bridgehead atoms. The first-order valence-corrected chi connectivity index (χ1v) is 9.16. The molecule has 0 aliphatic heterocycles. The molecule has 2 aromatic rings. The van der Waals surface area contributed by atoms with Crippen molar-refractivity contribution in [3.63, 3.8) is 0 Å². The number of fused-ring (bicyclic) bond motifs is 1. The van der Waals surface area contributed by atoms with Crippen LogP contribution in [0.3, 0.4) is 0 Å². The molecule has 142 valence electrons. The first-order valence-electron chi connectivity index (χ1n) is 9.16. The highest BCUT2D eigenvalue weighted by Gasteiger charge is 2.19. The molecule has 5 heteroatoms. The van der Waals surface area contributed by atoms with Gasteiger partial charge in [0, 0.05) is 12.6 Å². The van der Waals surface area contributed by atoms with Gasteiger partial charge in [0.15, 0.2) is 11.5 Å². The molecule has 27 heavy (non-hydrogen) atoms. The second-order valence-electron chi connectivity index (χ2n) is 6.71. The monoisotopic (exact) mass is 367 g/mol. The summed E-state index contributed by atoms with van der Waals surface area (Å²) in [6, 6.07) is 13.1. The van der Waals surface area contributed by atoms with Crippen molar-refractivity contribution in [2.45, 2.75) is 31.4 Å². The fourth-order valence-electron chi connectivity index (χ4n) is 3.27. The summed E-state index contributed by atoms with van der Waals surface area (Å²) in [5, 5.41) is 23.2. The van der Waals surface area contributed by atoms with Crippen LogP contribution in [0.1, 0.15) is 17.5 Å². The van der Waals surface area contributed by atoms with Crippen LogP contribution >= 0.6 is 0 Å². The van der Waals surface area contributed by atoms with Crippen LogP contribution in [0.4, 0.5) is 0 Å². The van der Waals surface area contributed by atoms with E-state index < -0.39 is 6.10 Å². The van der Waals surface area contributed by atoms with Gasteiger partial charge in [0.1, 0.15) is 25.1 Å². The molecule has 0 spiro atoms. The summed E-state index contributed by atoms with van der Waals surface area (Å²) < 4.78 is 11.1. The van der Waals surface area contributed by atoms with E-state index in [0.29, 0.717) is 29.8 Å². The van der Waals surface area contributed by atoms with Crippen LogP contribution in [0.2, 0.25) is 0 Å². The maximum Gasteiger partial charge on any atom is 0.162 e. The minimum Gasteiger partial charge on any atom is -0.508 e. The molecule has 3 rings (SSSR count). The lowest BCUT2D eigenvalue weighted by Crippen LogP contribution is -2.40. The lowest BCUT2D eigenvalue weighted by molar-refractivity contribution is 0.101. The fourth-order valence-corrected chi connectivity index (χ4v) is 3.27. The highest BCUT2D eigenvalue weighted by atomic mass is 16.5. The summed E-state index contributed by atoms with van der Waals surface area (Å²) in [5.41, 5.74) is 2.46. The smallest absolute Gasteiger partial charge is 0.162 e. The van der Waals surface area contributed by atoms with Crippen molar-refractivity contribution in [1.29, 1.82) is 0 Å². The van der Waals surface area contributed by atoms with E-state index in [2.05, 4.69) is 11.2 Å². The minimum atomic E-state index is -0.632. The summed E-state index contributed by atoms with van der Waals surface area (Å²) in [5.74, 6) is 3.88. The molecule has 0 fully saturated rings. The zero-order valence-corrected chi connectivity index (χ0v) is 15.2. The molecule has 0 radical (unpaired) electrons. The molecule has 2 atom stereocenters. The predicted octanol–water partition coefficient (Wildman–Crippen LogP) is 2.29. The number of hydrogen-bond acceptors (Lipinski definition) is 5. The number of nitrogens with one attached hydrogen (secondary N) is 1. The maximum atomic E-state index is 10.2. The molecule has 0 saturated carbocycles. The normalized spacial score (nSPS) is 16.8. The Balaban J connectivity index is 1.45. The number of aliphatic hydroxyl groups excluding tert-OH is 1. The molecular weight excluding hydrogens is 342 g/mol. The van der Waals surface area contributed by atoms with Crippen molar-refractivity contribution >= 4 is 0 Å². The predicted molar refractivity (Wildman–Crippen MR) is 104 cm³/mol. The summed E-state index contributed by atoms with van der Waals surface area (Å²) in [6.45, 7) is 0.789. The number of aryl methyl sites for hydroxylation is 1. The lowest BCUT2D eigenvalue weighted by Gasteiger charge is -2.26. The topological polar surface area (TPSA) is 71.0 Å². The fraction of sp³-hybridized carbons (Fsp3) is 0.364. The molecule has 1 aliphatic carbocycles. The van der Waals surface area contributed by atoms with Crippen LogP contribution in [-0.2, 0) is 12.8 Å². The molecule has 3 N–H and O–H groups in total. The molecule has 2 unspecified atom stereocenters. The Morgan fingerprint density at radius 2 is 1.93 bits per heavy atom. The number of para-hydroxylation sites is 2. The Kier molecular flexibility index (Phi) is 6.59. The quantitative estimate of drug-likeness (QED) is 0.625. The largest absolute Gasteiger partial charge is 0.508 e. The van der Waals surface area contributed by atoms with Gasteiger partial charge in [-0.2, -0.15) is 0 Å². The van der Waals surface area contributed by atoms with Gasteiger partial charge in [-0.05, 0) is 54.7 Å². The number of phenolic OH excluding ortho intramolecular Hbond substituents is 1. The van der Waals surface area contributed by atoms with Crippen molar-refractivity contribution in [3.8, 4) is 29.6 Å². The van der Waals surface area contributed by atoms with Gasteiger partial charge in [0.05, 0.1) is 0 Å². The van der Waals surface area contributed by atoms with Gasteiger partial charge in [-0.25, -0.2) is 0 Å². The van der Waals surface area contributed by atoms with Gasteiger partial charge in [-0.1, -0.05) is 24.1 Å². The summed E-state index contributed by atoms with van der Waals surface area (Å²) in [6.07, 6.45) is 7.39. The van der Waals surface area contributed by atoms with Gasteiger partial charge in [0.25, 0.3) is 0 Å². The Labute approximate surface area is 159 Å². The van der Waals surface area contributed by atoms with E-state index >= 15 is 0 Å². The minimum absolute atomic E-state index is 0.167. The summed E-state index contributed by atoms with van der Waals surface area (Å²) in [4.78, 5) is 0. The van der Waals surface area contributed by atoms with Crippen LogP contribution < -0.4 is 14.8 Å². The van der Waals surface area contributed by atoms with Crippen molar-refractivity contribution < 1.29 is 19.7 Å². The number of rotatable bonds is 8. The third kappa shape index (κ3) is 5.40. The highest BCUT2D eigenvalue weighted by molar-refractivity contribution is 5.39. The van der Waals surface area contributed by atoms with Gasteiger partial charge in [-0.3, -0.25) is 0 Å². The Morgan fingerprint density at radius 3 is 2.70 bits per heavy atom. The molecule has 5 nitrogen and oxygen atoms in total. The van der Waals surface area contributed by atoms with E-state index in [0.717, 1.165) is 19.3 Å². The van der Waals surface area contributed by atoms with E-state index in [-0.39, 0.29) is 13.2 Å². The lowest BCUT2D eigenvalue weighted by atomic mass is 9.88. The third-order valence-electron chi connectivity index (χ3n) is 4.65. The summed E-state index contributed by atoms with van der Waals surface area (Å²) >= 11 is 0. The van der Waals surface area contributed by atoms with Crippen LogP contribution in [0.25, 0.3) is 0 Å². The second kappa shape index (κ2) is 9.31. The van der Waals surface area contributed by atoms with Crippen molar-refractivity contribution in [1.82, 2.24) is 5.32 Å². The molecule has 2 aromatic carbocycles. The zero-order chi connectivity index (χ0) is 19.1. The number of benzene rings is 2.